The molecule has 1 aromatic carbocycles. The maximum Gasteiger partial charge on any atom is 0.252 e. The minimum Gasteiger partial charge on any atom is -0.349 e. The maximum absolute atomic E-state index is 13.4. The van der Waals surface area contributed by atoms with Gasteiger partial charge in [0.15, 0.2) is 0 Å². The second-order valence-corrected chi connectivity index (χ2v) is 5.48. The molecule has 3 nitrogen and oxygen atoms in total. The number of amides is 1. The second kappa shape index (κ2) is 5.57. The van der Waals surface area contributed by atoms with Crippen molar-refractivity contribution in [2.24, 2.45) is 5.92 Å². The van der Waals surface area contributed by atoms with Crippen molar-refractivity contribution in [1.82, 2.24) is 10.3 Å². The van der Waals surface area contributed by atoms with Crippen LogP contribution in [0.3, 0.4) is 0 Å². The number of nitrogens with zero attached hydrogens (tertiary/aromatic N) is 1. The third kappa shape index (κ3) is 2.95. The molecule has 1 aromatic heterocycles. The Balaban J connectivity index is 2.47. The van der Waals surface area contributed by atoms with Gasteiger partial charge in [-0.05, 0) is 44.0 Å². The smallest absolute Gasteiger partial charge is 0.252 e. The van der Waals surface area contributed by atoms with Crippen LogP contribution in [-0.4, -0.2) is 16.9 Å². The third-order valence-electron chi connectivity index (χ3n) is 3.50. The molecular weight excluding hydrogens is 255 g/mol. The molecule has 2 rings (SSSR count). The third-order valence-corrected chi connectivity index (χ3v) is 3.50. The van der Waals surface area contributed by atoms with Crippen LogP contribution >= 0.6 is 0 Å². The van der Waals surface area contributed by atoms with Crippen LogP contribution in [0.1, 0.15) is 36.8 Å². The van der Waals surface area contributed by atoms with Gasteiger partial charge in [-0.1, -0.05) is 13.8 Å². The summed E-state index contributed by atoms with van der Waals surface area (Å²) in [6.07, 6.45) is 0. The van der Waals surface area contributed by atoms with Crippen molar-refractivity contribution < 1.29 is 9.18 Å². The summed E-state index contributed by atoms with van der Waals surface area (Å²) in [7, 11) is 0. The van der Waals surface area contributed by atoms with Crippen LogP contribution in [0.15, 0.2) is 24.3 Å². The number of nitrogens with one attached hydrogen (secondary N) is 1. The fraction of sp³-hybridized carbons (Fsp3) is 0.375. The molecule has 0 spiro atoms. The summed E-state index contributed by atoms with van der Waals surface area (Å²) >= 11 is 0. The molecule has 1 amide bonds. The lowest BCUT2D eigenvalue weighted by atomic mass is 10.0. The summed E-state index contributed by atoms with van der Waals surface area (Å²) in [4.78, 5) is 16.7. The van der Waals surface area contributed by atoms with E-state index in [1.54, 1.807) is 12.1 Å². The molecule has 0 radical (unpaired) electrons. The quantitative estimate of drug-likeness (QED) is 0.931. The Morgan fingerprint density at radius 3 is 2.60 bits per heavy atom. The van der Waals surface area contributed by atoms with E-state index in [-0.39, 0.29) is 17.8 Å². The number of hydrogen-bond acceptors (Lipinski definition) is 2. The number of benzene rings is 1. The largest absolute Gasteiger partial charge is 0.349 e. The van der Waals surface area contributed by atoms with Crippen LogP contribution in [0.2, 0.25) is 0 Å². The Kier molecular flexibility index (Phi) is 4.02. The molecular formula is C16H19FN2O. The number of pyridine rings is 1. The molecule has 0 aliphatic heterocycles. The van der Waals surface area contributed by atoms with E-state index in [2.05, 4.69) is 10.3 Å². The fourth-order valence-corrected chi connectivity index (χ4v) is 1.97. The first-order valence-electron chi connectivity index (χ1n) is 6.76. The Labute approximate surface area is 118 Å². The first kappa shape index (κ1) is 14.4. The predicted molar refractivity (Wildman–Crippen MR) is 78.2 cm³/mol. The Morgan fingerprint density at radius 1 is 1.25 bits per heavy atom. The predicted octanol–water partition coefficient (Wildman–Crippen LogP) is 3.46. The van der Waals surface area contributed by atoms with Gasteiger partial charge in [-0.3, -0.25) is 9.78 Å². The molecule has 0 bridgehead atoms. The lowest BCUT2D eigenvalue weighted by molar-refractivity contribution is 0.0932. The zero-order valence-electron chi connectivity index (χ0n) is 12.2. The Bertz CT molecular complexity index is 652. The van der Waals surface area contributed by atoms with Crippen molar-refractivity contribution in [3.8, 4) is 0 Å². The van der Waals surface area contributed by atoms with Crippen LogP contribution in [0.4, 0.5) is 4.39 Å². The van der Waals surface area contributed by atoms with Gasteiger partial charge in [-0.25, -0.2) is 4.39 Å². The first-order valence-corrected chi connectivity index (χ1v) is 6.76. The van der Waals surface area contributed by atoms with E-state index in [0.29, 0.717) is 22.4 Å². The van der Waals surface area contributed by atoms with Crippen molar-refractivity contribution in [3.63, 3.8) is 0 Å². The van der Waals surface area contributed by atoms with Gasteiger partial charge >= 0.3 is 0 Å². The highest BCUT2D eigenvalue weighted by Gasteiger charge is 2.16. The van der Waals surface area contributed by atoms with Gasteiger partial charge < -0.3 is 5.32 Å². The summed E-state index contributed by atoms with van der Waals surface area (Å²) in [6.45, 7) is 7.87. The van der Waals surface area contributed by atoms with Crippen LogP contribution in [0.25, 0.3) is 10.9 Å². The van der Waals surface area contributed by atoms with Crippen LogP contribution in [0.5, 0.6) is 0 Å². The van der Waals surface area contributed by atoms with Crippen LogP contribution in [-0.2, 0) is 0 Å². The number of fused-ring (bicyclic) bond motifs is 1. The maximum atomic E-state index is 13.4. The summed E-state index contributed by atoms with van der Waals surface area (Å²) in [6, 6.07) is 6.06. The standard InChI is InChI=1S/C16H19FN2O/c1-9(2)11(4)19-16(20)14-7-10(3)18-15-6-5-12(17)8-13(14)15/h5-9,11H,1-4H3,(H,19,20). The lowest BCUT2D eigenvalue weighted by Gasteiger charge is -2.18. The lowest BCUT2D eigenvalue weighted by Crippen LogP contribution is -2.36. The average molecular weight is 274 g/mol. The van der Waals surface area contributed by atoms with Crippen LogP contribution < -0.4 is 5.32 Å². The number of aryl methyl sites for hydroxylation is 1. The van der Waals surface area contributed by atoms with Gasteiger partial charge in [0.1, 0.15) is 5.82 Å². The van der Waals surface area contributed by atoms with E-state index in [4.69, 9.17) is 0 Å². The Morgan fingerprint density at radius 2 is 1.95 bits per heavy atom. The van der Waals surface area contributed by atoms with Gasteiger partial charge in [0, 0.05) is 17.1 Å². The summed E-state index contributed by atoms with van der Waals surface area (Å²) < 4.78 is 13.4. The van der Waals surface area contributed by atoms with Gasteiger partial charge in [0.2, 0.25) is 0 Å². The number of halogens is 1. The molecule has 106 valence electrons. The van der Waals surface area contributed by atoms with Crippen molar-refractivity contribution >= 4 is 16.8 Å². The average Bonchev–Trinajstić information content (AvgIpc) is 2.38. The van der Waals surface area contributed by atoms with E-state index in [0.717, 1.165) is 5.69 Å². The highest BCUT2D eigenvalue weighted by Crippen LogP contribution is 2.20. The molecule has 0 aliphatic rings. The number of aromatic nitrogens is 1. The highest BCUT2D eigenvalue weighted by molar-refractivity contribution is 6.06. The minimum absolute atomic E-state index is 0.0552. The first-order chi connectivity index (χ1) is 9.38. The normalized spacial score (nSPS) is 12.7. The molecule has 20 heavy (non-hydrogen) atoms. The van der Waals surface area contributed by atoms with E-state index in [1.807, 2.05) is 27.7 Å². The molecule has 0 fully saturated rings. The monoisotopic (exact) mass is 274 g/mol. The molecule has 1 N–H and O–H groups in total. The summed E-state index contributed by atoms with van der Waals surface area (Å²) in [5.74, 6) is -0.216. The van der Waals surface area contributed by atoms with Crippen molar-refractivity contribution in [2.75, 3.05) is 0 Å². The van der Waals surface area contributed by atoms with E-state index in [1.165, 1.54) is 12.1 Å². The van der Waals surface area contributed by atoms with E-state index in [9.17, 15) is 9.18 Å². The molecule has 1 unspecified atom stereocenters. The number of hydrogen-bond donors (Lipinski definition) is 1. The number of rotatable bonds is 3. The van der Waals surface area contributed by atoms with E-state index < -0.39 is 0 Å². The molecule has 4 heteroatoms. The summed E-state index contributed by atoms with van der Waals surface area (Å²) in [5, 5.41) is 3.49. The molecule has 0 aliphatic carbocycles. The zero-order valence-corrected chi connectivity index (χ0v) is 12.2. The summed E-state index contributed by atoms with van der Waals surface area (Å²) in [5.41, 5.74) is 1.85. The Hall–Kier alpha value is -1.97. The molecule has 0 saturated carbocycles. The van der Waals surface area contributed by atoms with Gasteiger partial charge in [0.25, 0.3) is 5.91 Å². The van der Waals surface area contributed by atoms with Crippen molar-refractivity contribution in [1.29, 1.82) is 0 Å². The minimum atomic E-state index is -0.367. The molecule has 1 heterocycles. The molecule has 1 atom stereocenters. The van der Waals surface area contributed by atoms with Gasteiger partial charge in [-0.15, -0.1) is 0 Å². The SMILES string of the molecule is Cc1cc(C(=O)NC(C)C(C)C)c2cc(F)ccc2n1. The second-order valence-electron chi connectivity index (χ2n) is 5.48. The number of carbonyl (C=O) groups is 1. The van der Waals surface area contributed by atoms with Crippen LogP contribution in [0, 0.1) is 18.7 Å². The van der Waals surface area contributed by atoms with Crippen molar-refractivity contribution in [2.45, 2.75) is 33.7 Å². The van der Waals surface area contributed by atoms with Gasteiger partial charge in [-0.2, -0.15) is 0 Å². The van der Waals surface area contributed by atoms with E-state index >= 15 is 0 Å². The van der Waals surface area contributed by atoms with Gasteiger partial charge in [0.05, 0.1) is 11.1 Å². The van der Waals surface area contributed by atoms with Crippen molar-refractivity contribution in [3.05, 3.63) is 41.3 Å². The molecule has 2 aromatic rings. The highest BCUT2D eigenvalue weighted by atomic mass is 19.1. The molecule has 0 saturated heterocycles. The topological polar surface area (TPSA) is 42.0 Å². The number of carbonyl (C=O) groups excluding carboxylic acids is 1. The zero-order chi connectivity index (χ0) is 14.9. The fourth-order valence-electron chi connectivity index (χ4n) is 1.97.